The van der Waals surface area contributed by atoms with Crippen LogP contribution in [0.25, 0.3) is 0 Å². The molecule has 21 heavy (non-hydrogen) atoms. The highest BCUT2D eigenvalue weighted by molar-refractivity contribution is 7.91. The summed E-state index contributed by atoms with van der Waals surface area (Å²) in [4.78, 5) is 1.04. The first-order chi connectivity index (χ1) is 10.0. The van der Waals surface area contributed by atoms with Crippen LogP contribution in [-0.2, 0) is 21.3 Å². The molecule has 0 saturated carbocycles. The zero-order valence-corrected chi connectivity index (χ0v) is 14.2. The SMILES string of the molecule is CCCNCc1ccc(S(=O)(=O)NC(C)C2CCCO2)s1. The van der Waals surface area contributed by atoms with Crippen LogP contribution in [0.1, 0.15) is 38.0 Å². The van der Waals surface area contributed by atoms with Gasteiger partial charge in [0.15, 0.2) is 0 Å². The van der Waals surface area contributed by atoms with Crippen molar-refractivity contribution >= 4 is 21.4 Å². The molecule has 1 aliphatic heterocycles. The molecule has 1 aliphatic rings. The molecule has 0 spiro atoms. The second-order valence-corrected chi connectivity index (χ2v) is 8.47. The van der Waals surface area contributed by atoms with E-state index in [-0.39, 0.29) is 12.1 Å². The first-order valence-electron chi connectivity index (χ1n) is 7.46. The van der Waals surface area contributed by atoms with Gasteiger partial charge < -0.3 is 10.1 Å². The van der Waals surface area contributed by atoms with Gasteiger partial charge in [-0.1, -0.05) is 6.92 Å². The fraction of sp³-hybridized carbons (Fsp3) is 0.714. The van der Waals surface area contributed by atoms with Crippen LogP contribution in [0.15, 0.2) is 16.3 Å². The third-order valence-electron chi connectivity index (χ3n) is 3.49. The van der Waals surface area contributed by atoms with Crippen molar-refractivity contribution in [1.82, 2.24) is 10.0 Å². The summed E-state index contributed by atoms with van der Waals surface area (Å²) in [5.74, 6) is 0. The van der Waals surface area contributed by atoms with Gasteiger partial charge in [-0.25, -0.2) is 13.1 Å². The van der Waals surface area contributed by atoms with Gasteiger partial charge in [0.1, 0.15) is 4.21 Å². The molecule has 1 aromatic rings. The maximum atomic E-state index is 12.4. The van der Waals surface area contributed by atoms with E-state index >= 15 is 0 Å². The second-order valence-electron chi connectivity index (χ2n) is 5.36. The maximum Gasteiger partial charge on any atom is 0.250 e. The number of hydrogen-bond donors (Lipinski definition) is 2. The lowest BCUT2D eigenvalue weighted by molar-refractivity contribution is 0.0902. The molecule has 2 rings (SSSR count). The Kier molecular flexibility index (Phi) is 6.19. The normalized spacial score (nSPS) is 20.8. The van der Waals surface area contributed by atoms with E-state index < -0.39 is 10.0 Å². The second kappa shape index (κ2) is 7.69. The molecule has 2 heterocycles. The molecule has 0 aliphatic carbocycles. The Bertz CT molecular complexity index is 536. The van der Waals surface area contributed by atoms with Crippen molar-refractivity contribution in [2.75, 3.05) is 13.2 Å². The van der Waals surface area contributed by atoms with E-state index in [0.29, 0.717) is 4.21 Å². The van der Waals surface area contributed by atoms with Gasteiger partial charge in [-0.2, -0.15) is 0 Å². The smallest absolute Gasteiger partial charge is 0.250 e. The molecule has 1 saturated heterocycles. The minimum Gasteiger partial charge on any atom is -0.377 e. The molecule has 2 N–H and O–H groups in total. The number of thiophene rings is 1. The topological polar surface area (TPSA) is 67.4 Å². The van der Waals surface area contributed by atoms with Gasteiger partial charge in [0, 0.05) is 24.1 Å². The number of nitrogens with one attached hydrogen (secondary N) is 2. The van der Waals surface area contributed by atoms with E-state index in [1.54, 1.807) is 6.07 Å². The minimum absolute atomic E-state index is 0.00886. The molecule has 1 aromatic heterocycles. The van der Waals surface area contributed by atoms with Crippen LogP contribution >= 0.6 is 11.3 Å². The zero-order valence-electron chi connectivity index (χ0n) is 12.6. The minimum atomic E-state index is -3.45. The third kappa shape index (κ3) is 4.75. The van der Waals surface area contributed by atoms with Gasteiger partial charge in [0.05, 0.1) is 6.10 Å². The summed E-state index contributed by atoms with van der Waals surface area (Å²) in [7, 11) is -3.45. The molecular weight excluding hydrogens is 308 g/mol. The van der Waals surface area contributed by atoms with E-state index in [2.05, 4.69) is 17.0 Å². The van der Waals surface area contributed by atoms with Crippen molar-refractivity contribution in [1.29, 1.82) is 0 Å². The fourth-order valence-corrected chi connectivity index (χ4v) is 4.98. The summed E-state index contributed by atoms with van der Waals surface area (Å²) < 4.78 is 33.4. The Morgan fingerprint density at radius 3 is 2.95 bits per heavy atom. The van der Waals surface area contributed by atoms with Gasteiger partial charge in [-0.3, -0.25) is 0 Å². The summed E-state index contributed by atoms with van der Waals surface area (Å²) >= 11 is 1.32. The summed E-state index contributed by atoms with van der Waals surface area (Å²) in [5.41, 5.74) is 0. The predicted octanol–water partition coefficient (Wildman–Crippen LogP) is 2.09. The van der Waals surface area contributed by atoms with Crippen LogP contribution in [0.2, 0.25) is 0 Å². The Hall–Kier alpha value is -0.470. The average Bonchev–Trinajstić information content (AvgIpc) is 3.10. The van der Waals surface area contributed by atoms with Crippen molar-refractivity contribution in [2.45, 2.75) is 56.0 Å². The van der Waals surface area contributed by atoms with E-state index in [1.807, 2.05) is 13.0 Å². The van der Waals surface area contributed by atoms with Crippen LogP contribution in [0.3, 0.4) is 0 Å². The molecule has 0 bridgehead atoms. The van der Waals surface area contributed by atoms with Crippen molar-refractivity contribution in [2.24, 2.45) is 0 Å². The monoisotopic (exact) mass is 332 g/mol. The van der Waals surface area contributed by atoms with Gasteiger partial charge in [-0.05, 0) is 44.9 Å². The van der Waals surface area contributed by atoms with Crippen molar-refractivity contribution in [3.8, 4) is 0 Å². The van der Waals surface area contributed by atoms with Crippen molar-refractivity contribution in [3.05, 3.63) is 17.0 Å². The molecule has 5 nitrogen and oxygen atoms in total. The molecule has 1 fully saturated rings. The standard InChI is InChI=1S/C14H24N2O3S2/c1-3-8-15-10-12-6-7-14(20-12)21(17,18)16-11(2)13-5-4-9-19-13/h6-7,11,13,15-16H,3-5,8-10H2,1-2H3. The molecular formula is C14H24N2O3S2. The number of sulfonamides is 1. The largest absolute Gasteiger partial charge is 0.377 e. The molecule has 7 heteroatoms. The summed E-state index contributed by atoms with van der Waals surface area (Å²) in [6, 6.07) is 3.36. The molecule has 0 radical (unpaired) electrons. The van der Waals surface area contributed by atoms with E-state index in [9.17, 15) is 8.42 Å². The van der Waals surface area contributed by atoms with Crippen LogP contribution in [-0.4, -0.2) is 33.7 Å². The Morgan fingerprint density at radius 2 is 2.29 bits per heavy atom. The Morgan fingerprint density at radius 1 is 1.48 bits per heavy atom. The number of hydrogen-bond acceptors (Lipinski definition) is 5. The summed E-state index contributed by atoms with van der Waals surface area (Å²) in [5, 5.41) is 3.28. The van der Waals surface area contributed by atoms with Gasteiger partial charge >= 0.3 is 0 Å². The zero-order chi connectivity index (χ0) is 15.3. The Balaban J connectivity index is 1.95. The highest BCUT2D eigenvalue weighted by Gasteiger charge is 2.27. The van der Waals surface area contributed by atoms with Gasteiger partial charge in [0.25, 0.3) is 0 Å². The lowest BCUT2D eigenvalue weighted by atomic mass is 10.1. The quantitative estimate of drug-likeness (QED) is 0.715. The highest BCUT2D eigenvalue weighted by atomic mass is 32.2. The van der Waals surface area contributed by atoms with Crippen LogP contribution in [0, 0.1) is 0 Å². The van der Waals surface area contributed by atoms with Crippen molar-refractivity contribution < 1.29 is 13.2 Å². The van der Waals surface area contributed by atoms with Crippen molar-refractivity contribution in [3.63, 3.8) is 0 Å². The van der Waals surface area contributed by atoms with E-state index in [4.69, 9.17) is 4.74 Å². The molecule has 120 valence electrons. The number of ether oxygens (including phenoxy) is 1. The van der Waals surface area contributed by atoms with E-state index in [0.717, 1.165) is 43.8 Å². The maximum absolute atomic E-state index is 12.4. The lowest BCUT2D eigenvalue weighted by Crippen LogP contribution is -2.40. The molecule has 2 atom stereocenters. The highest BCUT2D eigenvalue weighted by Crippen LogP contribution is 2.23. The number of rotatable bonds is 8. The predicted molar refractivity (Wildman–Crippen MR) is 85.1 cm³/mol. The van der Waals surface area contributed by atoms with Crippen LogP contribution in [0.4, 0.5) is 0 Å². The van der Waals surface area contributed by atoms with Gasteiger partial charge in [0.2, 0.25) is 10.0 Å². The first kappa shape index (κ1) is 16.9. The van der Waals surface area contributed by atoms with E-state index in [1.165, 1.54) is 11.3 Å². The lowest BCUT2D eigenvalue weighted by Gasteiger charge is -2.19. The fourth-order valence-electron chi connectivity index (χ4n) is 2.36. The first-order valence-corrected chi connectivity index (χ1v) is 9.76. The molecule has 0 amide bonds. The molecule has 0 aromatic carbocycles. The summed E-state index contributed by atoms with van der Waals surface area (Å²) in [6.45, 7) is 6.35. The van der Waals surface area contributed by atoms with Crippen LogP contribution in [0.5, 0.6) is 0 Å². The average molecular weight is 332 g/mol. The van der Waals surface area contributed by atoms with Gasteiger partial charge in [-0.15, -0.1) is 11.3 Å². The molecule has 2 unspecified atom stereocenters. The Labute approximate surface area is 131 Å². The summed E-state index contributed by atoms with van der Waals surface area (Å²) in [6.07, 6.45) is 2.98. The van der Waals surface area contributed by atoms with Crippen LogP contribution < -0.4 is 10.0 Å². The third-order valence-corrected chi connectivity index (χ3v) is 6.63.